The summed E-state index contributed by atoms with van der Waals surface area (Å²) in [5.41, 5.74) is 5.01. The number of benzene rings is 2. The van der Waals surface area contributed by atoms with Gasteiger partial charge >= 0.3 is 0 Å². The fraction of sp³-hybridized carbons (Fsp3) is 0.133. The Morgan fingerprint density at radius 2 is 1.25 bits per heavy atom. The molecule has 0 spiro atoms. The highest BCUT2D eigenvalue weighted by Crippen LogP contribution is 2.11. The Bertz CT molecular complexity index is 479. The first kappa shape index (κ1) is 11.0. The van der Waals surface area contributed by atoms with E-state index in [4.69, 9.17) is 0 Å². The molecular weight excluding hydrogens is 208 g/mol. The first-order valence-electron chi connectivity index (χ1n) is 5.39. The molecule has 0 amide bonds. The van der Waals surface area contributed by atoms with E-state index < -0.39 is 0 Å². The molecule has 0 aliphatic rings. The van der Waals surface area contributed by atoms with Crippen LogP contribution < -0.4 is 0 Å². The van der Waals surface area contributed by atoms with Crippen molar-refractivity contribution in [3.05, 3.63) is 70.8 Å². The molecule has 0 atom stereocenters. The van der Waals surface area contributed by atoms with Crippen LogP contribution in [0.5, 0.6) is 0 Å². The van der Waals surface area contributed by atoms with Gasteiger partial charge in [0.25, 0.3) is 0 Å². The minimum absolute atomic E-state index is 1.15. The molecule has 0 bridgehead atoms. The molecule has 2 rings (SSSR count). The standard InChI is InChI=1S/C15H14Si/c1-11-5-3-7-13(9-11)15(16)14-8-4-6-12(2)10-14/h3-10H,1-2H3. The van der Waals surface area contributed by atoms with Crippen molar-refractivity contribution in [3.8, 4) is 0 Å². The molecule has 0 aromatic heterocycles. The summed E-state index contributed by atoms with van der Waals surface area (Å²) in [6.07, 6.45) is 0. The molecule has 2 radical (unpaired) electrons. The van der Waals surface area contributed by atoms with Crippen molar-refractivity contribution in [2.75, 3.05) is 0 Å². The van der Waals surface area contributed by atoms with Crippen LogP contribution in [0.4, 0.5) is 0 Å². The lowest BCUT2D eigenvalue weighted by Gasteiger charge is -2.08. The van der Waals surface area contributed by atoms with E-state index in [1.54, 1.807) is 0 Å². The molecule has 0 nitrogen and oxygen atoms in total. The molecule has 0 unspecified atom stereocenters. The van der Waals surface area contributed by atoms with Crippen molar-refractivity contribution in [1.29, 1.82) is 0 Å². The molecule has 1 heteroatoms. The van der Waals surface area contributed by atoms with Gasteiger partial charge in [-0.05, 0) is 30.1 Å². The van der Waals surface area contributed by atoms with E-state index >= 15 is 0 Å². The van der Waals surface area contributed by atoms with Gasteiger partial charge in [0.05, 0.1) is 0 Å². The molecule has 0 saturated carbocycles. The van der Waals surface area contributed by atoms with E-state index in [2.05, 4.69) is 72.2 Å². The molecule has 0 fully saturated rings. The Kier molecular flexibility index (Phi) is 3.16. The van der Waals surface area contributed by atoms with Crippen molar-refractivity contribution in [1.82, 2.24) is 0 Å². The van der Waals surface area contributed by atoms with Gasteiger partial charge in [-0.15, -0.1) is 0 Å². The second-order valence-corrected chi connectivity index (χ2v) is 4.61. The van der Waals surface area contributed by atoms with Gasteiger partial charge in [0, 0.05) is 9.85 Å². The minimum atomic E-state index is 1.15. The second-order valence-electron chi connectivity index (χ2n) is 4.11. The second kappa shape index (κ2) is 4.58. The van der Waals surface area contributed by atoms with Crippen LogP contribution in [-0.4, -0.2) is 15.0 Å². The molecule has 16 heavy (non-hydrogen) atoms. The number of aryl methyl sites for hydroxylation is 2. The van der Waals surface area contributed by atoms with Gasteiger partial charge in [-0.1, -0.05) is 59.7 Å². The smallest absolute Gasteiger partial charge is 0.0419 e. The molecular formula is C15H14Si. The molecule has 2 aromatic carbocycles. The predicted octanol–water partition coefficient (Wildman–Crippen LogP) is 3.04. The molecule has 78 valence electrons. The lowest BCUT2D eigenvalue weighted by atomic mass is 10.0. The quantitative estimate of drug-likeness (QED) is 0.685. The van der Waals surface area contributed by atoms with Crippen LogP contribution in [0.1, 0.15) is 22.3 Å². The Morgan fingerprint density at radius 1 is 0.812 bits per heavy atom. The normalized spacial score (nSPS) is 10.1. The van der Waals surface area contributed by atoms with E-state index in [1.165, 1.54) is 22.3 Å². The van der Waals surface area contributed by atoms with Gasteiger partial charge in [0.1, 0.15) is 0 Å². The molecule has 2 aromatic rings. The van der Waals surface area contributed by atoms with Crippen LogP contribution in [0.2, 0.25) is 0 Å². The fourth-order valence-electron chi connectivity index (χ4n) is 1.77. The summed E-state index contributed by atoms with van der Waals surface area (Å²) < 4.78 is 0. The average molecular weight is 222 g/mol. The summed E-state index contributed by atoms with van der Waals surface area (Å²) in [6, 6.07) is 17.0. The van der Waals surface area contributed by atoms with E-state index in [-0.39, 0.29) is 0 Å². The molecule has 0 aliphatic heterocycles. The first-order valence-corrected chi connectivity index (χ1v) is 5.89. The van der Waals surface area contributed by atoms with Gasteiger partial charge < -0.3 is 0 Å². The van der Waals surface area contributed by atoms with Crippen LogP contribution >= 0.6 is 0 Å². The van der Waals surface area contributed by atoms with Crippen molar-refractivity contribution >= 4 is 15.0 Å². The largest absolute Gasteiger partial charge is 0.0614 e. The van der Waals surface area contributed by atoms with Crippen LogP contribution in [-0.2, 0) is 0 Å². The Hall–Kier alpha value is -1.47. The lowest BCUT2D eigenvalue weighted by Crippen LogP contribution is -2.03. The van der Waals surface area contributed by atoms with Crippen molar-refractivity contribution in [2.24, 2.45) is 0 Å². The monoisotopic (exact) mass is 222 g/mol. The van der Waals surface area contributed by atoms with E-state index in [9.17, 15) is 0 Å². The molecule has 0 saturated heterocycles. The van der Waals surface area contributed by atoms with Gasteiger partial charge in [-0.2, -0.15) is 0 Å². The third kappa shape index (κ3) is 2.37. The van der Waals surface area contributed by atoms with E-state index in [1.807, 2.05) is 0 Å². The summed E-state index contributed by atoms with van der Waals surface area (Å²) >= 11 is 0. The van der Waals surface area contributed by atoms with Gasteiger partial charge in [0.2, 0.25) is 0 Å². The lowest BCUT2D eigenvalue weighted by molar-refractivity contribution is 1.44. The summed E-state index contributed by atoms with van der Waals surface area (Å²) in [4.78, 5) is 0. The molecule has 0 aliphatic carbocycles. The fourth-order valence-corrected chi connectivity index (χ4v) is 2.08. The van der Waals surface area contributed by atoms with Gasteiger partial charge in [-0.25, -0.2) is 0 Å². The van der Waals surface area contributed by atoms with Gasteiger partial charge in [0.15, 0.2) is 0 Å². The van der Waals surface area contributed by atoms with Crippen LogP contribution in [0.15, 0.2) is 48.5 Å². The predicted molar refractivity (Wildman–Crippen MR) is 71.3 cm³/mol. The molecule has 0 N–H and O–H groups in total. The number of rotatable bonds is 2. The maximum atomic E-state index is 3.73. The SMILES string of the molecule is Cc1cccc(C(=[Si])c2cccc(C)c2)c1. The summed E-state index contributed by atoms with van der Waals surface area (Å²) in [5.74, 6) is 0. The topological polar surface area (TPSA) is 0 Å². The minimum Gasteiger partial charge on any atom is -0.0614 e. The third-order valence-corrected chi connectivity index (χ3v) is 3.19. The summed E-state index contributed by atoms with van der Waals surface area (Å²) in [6.45, 7) is 4.22. The van der Waals surface area contributed by atoms with Crippen molar-refractivity contribution < 1.29 is 0 Å². The Labute approximate surface area is 100.0 Å². The van der Waals surface area contributed by atoms with Gasteiger partial charge in [-0.3, -0.25) is 0 Å². The van der Waals surface area contributed by atoms with Crippen molar-refractivity contribution in [3.63, 3.8) is 0 Å². The highest BCUT2D eigenvalue weighted by atomic mass is 28.1. The highest BCUT2D eigenvalue weighted by molar-refractivity contribution is 6.49. The van der Waals surface area contributed by atoms with Crippen LogP contribution in [0.25, 0.3) is 0 Å². The number of hydrogen-bond donors (Lipinski definition) is 0. The molecule has 0 heterocycles. The average Bonchev–Trinajstić information content (AvgIpc) is 2.28. The maximum Gasteiger partial charge on any atom is 0.0419 e. The van der Waals surface area contributed by atoms with Crippen LogP contribution in [0.3, 0.4) is 0 Å². The highest BCUT2D eigenvalue weighted by Gasteiger charge is 2.02. The van der Waals surface area contributed by atoms with E-state index in [0.29, 0.717) is 0 Å². The Morgan fingerprint density at radius 3 is 1.62 bits per heavy atom. The first-order chi connectivity index (χ1) is 7.66. The zero-order chi connectivity index (χ0) is 11.5. The van der Waals surface area contributed by atoms with E-state index in [0.717, 1.165) is 5.17 Å². The third-order valence-electron chi connectivity index (χ3n) is 2.61. The summed E-state index contributed by atoms with van der Waals surface area (Å²) in [5, 5.41) is 1.15. The zero-order valence-electron chi connectivity index (χ0n) is 9.62. The van der Waals surface area contributed by atoms with Crippen LogP contribution in [0, 0.1) is 13.8 Å². The maximum absolute atomic E-state index is 3.73. The number of hydrogen-bond acceptors (Lipinski definition) is 0. The zero-order valence-corrected chi connectivity index (χ0v) is 10.6. The summed E-state index contributed by atoms with van der Waals surface area (Å²) in [7, 11) is 3.73. The van der Waals surface area contributed by atoms with Crippen molar-refractivity contribution in [2.45, 2.75) is 13.8 Å². The Balaban J connectivity index is 2.39.